The van der Waals surface area contributed by atoms with Crippen LogP contribution in [-0.4, -0.2) is 48.2 Å². The molecule has 4 heteroatoms. The van der Waals surface area contributed by atoms with Gasteiger partial charge in [0.15, 0.2) is 0 Å². The van der Waals surface area contributed by atoms with Crippen LogP contribution in [0.1, 0.15) is 18.4 Å². The van der Waals surface area contributed by atoms with E-state index in [1.165, 1.54) is 12.8 Å². The van der Waals surface area contributed by atoms with Gasteiger partial charge in [-0.3, -0.25) is 0 Å². The second-order valence-corrected chi connectivity index (χ2v) is 4.83. The second-order valence-electron chi connectivity index (χ2n) is 4.83. The standard InChI is InChI=1S/C13H21N3O/c1-15-7-4-12(5-8-15)16(2)13-9-11(10-17)3-6-14-13/h3,6,9,12,17H,4-5,7-8,10H2,1-2H3. The molecule has 1 aromatic rings. The SMILES string of the molecule is CN1CCC(N(C)c2cc(CO)ccn2)CC1. The maximum absolute atomic E-state index is 9.14. The molecule has 0 bridgehead atoms. The van der Waals surface area contributed by atoms with E-state index < -0.39 is 0 Å². The first-order chi connectivity index (χ1) is 8.20. The van der Waals surface area contributed by atoms with Gasteiger partial charge < -0.3 is 14.9 Å². The summed E-state index contributed by atoms with van der Waals surface area (Å²) in [5, 5.41) is 9.14. The zero-order valence-electron chi connectivity index (χ0n) is 10.6. The minimum Gasteiger partial charge on any atom is -0.392 e. The van der Waals surface area contributed by atoms with E-state index >= 15 is 0 Å². The number of anilines is 1. The fourth-order valence-electron chi connectivity index (χ4n) is 2.32. The largest absolute Gasteiger partial charge is 0.392 e. The monoisotopic (exact) mass is 235 g/mol. The second kappa shape index (κ2) is 5.47. The Morgan fingerprint density at radius 2 is 2.18 bits per heavy atom. The molecule has 1 N–H and O–H groups in total. The Labute approximate surface area is 103 Å². The first kappa shape index (κ1) is 12.3. The Balaban J connectivity index is 2.05. The van der Waals surface area contributed by atoms with E-state index in [4.69, 9.17) is 5.11 Å². The predicted molar refractivity (Wildman–Crippen MR) is 69.1 cm³/mol. The molecule has 2 heterocycles. The first-order valence-electron chi connectivity index (χ1n) is 6.18. The van der Waals surface area contributed by atoms with Gasteiger partial charge >= 0.3 is 0 Å². The normalized spacial score (nSPS) is 18.3. The molecule has 2 rings (SSSR count). The third-order valence-electron chi connectivity index (χ3n) is 3.59. The van der Waals surface area contributed by atoms with E-state index in [9.17, 15) is 0 Å². The molecule has 0 atom stereocenters. The van der Waals surface area contributed by atoms with E-state index in [1.807, 2.05) is 12.1 Å². The molecule has 94 valence electrons. The van der Waals surface area contributed by atoms with Crippen molar-refractivity contribution in [2.75, 3.05) is 32.1 Å². The minimum absolute atomic E-state index is 0.0801. The van der Waals surface area contributed by atoms with E-state index in [2.05, 4.69) is 28.9 Å². The van der Waals surface area contributed by atoms with Gasteiger partial charge in [-0.25, -0.2) is 4.98 Å². The van der Waals surface area contributed by atoms with Gasteiger partial charge in [-0.15, -0.1) is 0 Å². The summed E-state index contributed by atoms with van der Waals surface area (Å²) in [7, 11) is 4.26. The highest BCUT2D eigenvalue weighted by Gasteiger charge is 2.21. The number of aromatic nitrogens is 1. The van der Waals surface area contributed by atoms with Gasteiger partial charge in [0.25, 0.3) is 0 Å². The maximum atomic E-state index is 9.14. The minimum atomic E-state index is 0.0801. The lowest BCUT2D eigenvalue weighted by atomic mass is 10.0. The topological polar surface area (TPSA) is 39.6 Å². The van der Waals surface area contributed by atoms with Gasteiger partial charge in [-0.2, -0.15) is 0 Å². The van der Waals surface area contributed by atoms with Crippen LogP contribution in [-0.2, 0) is 6.61 Å². The van der Waals surface area contributed by atoms with Crippen molar-refractivity contribution in [1.82, 2.24) is 9.88 Å². The summed E-state index contributed by atoms with van der Waals surface area (Å²) >= 11 is 0. The number of aliphatic hydroxyl groups is 1. The van der Waals surface area contributed by atoms with Crippen molar-refractivity contribution < 1.29 is 5.11 Å². The zero-order chi connectivity index (χ0) is 12.3. The lowest BCUT2D eigenvalue weighted by molar-refractivity contribution is 0.252. The smallest absolute Gasteiger partial charge is 0.128 e. The molecule has 0 radical (unpaired) electrons. The predicted octanol–water partition coefficient (Wildman–Crippen LogP) is 1.10. The average molecular weight is 235 g/mol. The van der Waals surface area contributed by atoms with Gasteiger partial charge in [0, 0.05) is 19.3 Å². The number of rotatable bonds is 3. The molecule has 0 aromatic carbocycles. The molecule has 1 aromatic heterocycles. The van der Waals surface area contributed by atoms with Gasteiger partial charge in [-0.05, 0) is 50.7 Å². The number of hydrogen-bond acceptors (Lipinski definition) is 4. The van der Waals surface area contributed by atoms with Gasteiger partial charge in [0.05, 0.1) is 6.61 Å². The molecule has 0 aliphatic carbocycles. The van der Waals surface area contributed by atoms with Crippen LogP contribution in [0, 0.1) is 0 Å². The molecule has 0 amide bonds. The van der Waals surface area contributed by atoms with Crippen LogP contribution in [0.4, 0.5) is 5.82 Å². The number of nitrogens with zero attached hydrogens (tertiary/aromatic N) is 3. The summed E-state index contributed by atoms with van der Waals surface area (Å²) in [5.74, 6) is 0.964. The quantitative estimate of drug-likeness (QED) is 0.852. The Bertz CT molecular complexity index is 361. The first-order valence-corrected chi connectivity index (χ1v) is 6.18. The number of likely N-dealkylation sites (tertiary alicyclic amines) is 1. The van der Waals surface area contributed by atoms with Gasteiger partial charge in [-0.1, -0.05) is 0 Å². The van der Waals surface area contributed by atoms with E-state index in [0.717, 1.165) is 24.5 Å². The Hall–Kier alpha value is -1.13. The fraction of sp³-hybridized carbons (Fsp3) is 0.615. The molecular weight excluding hydrogens is 214 g/mol. The molecule has 0 spiro atoms. The molecule has 1 saturated heterocycles. The molecule has 1 fully saturated rings. The van der Waals surface area contributed by atoms with Crippen molar-refractivity contribution >= 4 is 5.82 Å². The highest BCUT2D eigenvalue weighted by atomic mass is 16.3. The van der Waals surface area contributed by atoms with Crippen LogP contribution in [0.3, 0.4) is 0 Å². The summed E-state index contributed by atoms with van der Waals surface area (Å²) in [6.45, 7) is 2.38. The molecule has 1 aliphatic rings. The zero-order valence-corrected chi connectivity index (χ0v) is 10.6. The summed E-state index contributed by atoms with van der Waals surface area (Å²) < 4.78 is 0. The van der Waals surface area contributed by atoms with Gasteiger partial charge in [0.2, 0.25) is 0 Å². The molecule has 4 nitrogen and oxygen atoms in total. The van der Waals surface area contributed by atoms with Crippen LogP contribution in [0.5, 0.6) is 0 Å². The third-order valence-corrected chi connectivity index (χ3v) is 3.59. The van der Waals surface area contributed by atoms with E-state index in [0.29, 0.717) is 6.04 Å². The summed E-state index contributed by atoms with van der Waals surface area (Å²) in [5.41, 5.74) is 0.926. The Morgan fingerprint density at radius 3 is 2.82 bits per heavy atom. The van der Waals surface area contributed by atoms with Gasteiger partial charge in [0.1, 0.15) is 5.82 Å². The number of aliphatic hydroxyl groups excluding tert-OH is 1. The van der Waals surface area contributed by atoms with Crippen LogP contribution < -0.4 is 4.90 Å². The van der Waals surface area contributed by atoms with E-state index in [1.54, 1.807) is 6.20 Å². The maximum Gasteiger partial charge on any atom is 0.128 e. The molecular formula is C13H21N3O. The molecule has 0 unspecified atom stereocenters. The number of hydrogen-bond donors (Lipinski definition) is 1. The number of pyridine rings is 1. The van der Waals surface area contributed by atoms with Crippen molar-refractivity contribution in [3.63, 3.8) is 0 Å². The molecule has 1 aliphatic heterocycles. The van der Waals surface area contributed by atoms with Crippen molar-refractivity contribution in [3.8, 4) is 0 Å². The van der Waals surface area contributed by atoms with Crippen LogP contribution in [0.2, 0.25) is 0 Å². The summed E-state index contributed by atoms with van der Waals surface area (Å²) in [6, 6.07) is 4.39. The van der Waals surface area contributed by atoms with Crippen molar-refractivity contribution in [2.45, 2.75) is 25.5 Å². The number of piperidine rings is 1. The Kier molecular flexibility index (Phi) is 3.97. The molecule has 0 saturated carbocycles. The van der Waals surface area contributed by atoms with E-state index in [-0.39, 0.29) is 6.61 Å². The summed E-state index contributed by atoms with van der Waals surface area (Å²) in [6.07, 6.45) is 4.13. The van der Waals surface area contributed by atoms with Crippen molar-refractivity contribution in [1.29, 1.82) is 0 Å². The highest BCUT2D eigenvalue weighted by Crippen LogP contribution is 2.20. The average Bonchev–Trinajstić information content (AvgIpc) is 2.39. The third kappa shape index (κ3) is 2.96. The van der Waals surface area contributed by atoms with Crippen LogP contribution >= 0.6 is 0 Å². The Morgan fingerprint density at radius 1 is 1.47 bits per heavy atom. The van der Waals surface area contributed by atoms with Crippen molar-refractivity contribution in [2.24, 2.45) is 0 Å². The lowest BCUT2D eigenvalue weighted by Crippen LogP contribution is -2.42. The summed E-state index contributed by atoms with van der Waals surface area (Å²) in [4.78, 5) is 8.99. The van der Waals surface area contributed by atoms with Crippen LogP contribution in [0.15, 0.2) is 18.3 Å². The highest BCUT2D eigenvalue weighted by molar-refractivity contribution is 5.41. The van der Waals surface area contributed by atoms with Crippen molar-refractivity contribution in [3.05, 3.63) is 23.9 Å². The fourth-order valence-corrected chi connectivity index (χ4v) is 2.32. The van der Waals surface area contributed by atoms with Crippen LogP contribution in [0.25, 0.3) is 0 Å². The molecule has 17 heavy (non-hydrogen) atoms. The lowest BCUT2D eigenvalue weighted by Gasteiger charge is -2.35.